The Morgan fingerprint density at radius 3 is 2.45 bits per heavy atom. The summed E-state index contributed by atoms with van der Waals surface area (Å²) in [5.41, 5.74) is 13.0. The number of benzene rings is 2. The summed E-state index contributed by atoms with van der Waals surface area (Å²) in [4.78, 5) is 11.1. The second kappa shape index (κ2) is 5.52. The van der Waals surface area contributed by atoms with Gasteiger partial charge in [0.05, 0.1) is 12.8 Å². The molecule has 2 rings (SSSR count). The van der Waals surface area contributed by atoms with Crippen molar-refractivity contribution in [2.45, 2.75) is 6.92 Å². The highest BCUT2D eigenvalue weighted by atomic mass is 16.5. The van der Waals surface area contributed by atoms with Gasteiger partial charge in [0.25, 0.3) is 0 Å². The second-order valence-corrected chi connectivity index (χ2v) is 4.37. The second-order valence-electron chi connectivity index (χ2n) is 4.37. The minimum atomic E-state index is -0.523. The standard InChI is InChI=1S/C15H16N2O3/c1-9-3-5-11(16)13(7-9)20-12-6-4-10(15(17)18)8-14(12)19-2/h3-8H,16H2,1-2H3,(H2,17,18). The maximum atomic E-state index is 11.1. The van der Waals surface area contributed by atoms with Crippen molar-refractivity contribution in [1.82, 2.24) is 0 Å². The molecule has 0 bridgehead atoms. The molecule has 0 radical (unpaired) electrons. The van der Waals surface area contributed by atoms with Crippen LogP contribution in [0.25, 0.3) is 0 Å². The number of nitrogen functional groups attached to an aromatic ring is 1. The Kier molecular flexibility index (Phi) is 3.79. The molecule has 0 aromatic heterocycles. The van der Waals surface area contributed by atoms with Gasteiger partial charge < -0.3 is 20.9 Å². The van der Waals surface area contributed by atoms with Gasteiger partial charge in [-0.3, -0.25) is 4.79 Å². The van der Waals surface area contributed by atoms with E-state index in [-0.39, 0.29) is 0 Å². The molecule has 0 atom stereocenters. The zero-order valence-corrected chi connectivity index (χ0v) is 11.3. The maximum Gasteiger partial charge on any atom is 0.248 e. The molecular formula is C15H16N2O3. The van der Waals surface area contributed by atoms with Crippen LogP contribution in [0, 0.1) is 6.92 Å². The molecule has 1 amide bonds. The van der Waals surface area contributed by atoms with Gasteiger partial charge in [-0.2, -0.15) is 0 Å². The Bertz CT molecular complexity index is 654. The van der Waals surface area contributed by atoms with Crippen molar-refractivity contribution in [3.8, 4) is 17.2 Å². The minimum Gasteiger partial charge on any atom is -0.493 e. The van der Waals surface area contributed by atoms with E-state index >= 15 is 0 Å². The van der Waals surface area contributed by atoms with Gasteiger partial charge in [-0.25, -0.2) is 0 Å². The number of nitrogens with two attached hydrogens (primary N) is 2. The van der Waals surface area contributed by atoms with Crippen LogP contribution in [0.2, 0.25) is 0 Å². The van der Waals surface area contributed by atoms with E-state index in [1.807, 2.05) is 19.1 Å². The molecule has 0 heterocycles. The molecule has 5 heteroatoms. The number of ether oxygens (including phenoxy) is 2. The van der Waals surface area contributed by atoms with Crippen molar-refractivity contribution in [1.29, 1.82) is 0 Å². The van der Waals surface area contributed by atoms with E-state index in [0.717, 1.165) is 5.56 Å². The summed E-state index contributed by atoms with van der Waals surface area (Å²) in [5.74, 6) is 0.900. The highest BCUT2D eigenvalue weighted by Crippen LogP contribution is 2.35. The van der Waals surface area contributed by atoms with Gasteiger partial charge >= 0.3 is 0 Å². The van der Waals surface area contributed by atoms with E-state index in [1.165, 1.54) is 13.2 Å². The van der Waals surface area contributed by atoms with E-state index in [2.05, 4.69) is 0 Å². The van der Waals surface area contributed by atoms with Gasteiger partial charge in [0.2, 0.25) is 5.91 Å². The fourth-order valence-corrected chi connectivity index (χ4v) is 1.75. The molecule has 0 spiro atoms. The van der Waals surface area contributed by atoms with Crippen molar-refractivity contribution in [3.63, 3.8) is 0 Å². The molecule has 0 fully saturated rings. The summed E-state index contributed by atoms with van der Waals surface area (Å²) in [6, 6.07) is 10.2. The Hall–Kier alpha value is -2.69. The normalized spacial score (nSPS) is 10.1. The number of carbonyl (C=O) groups excluding carboxylic acids is 1. The highest BCUT2D eigenvalue weighted by Gasteiger charge is 2.11. The first kappa shape index (κ1) is 13.7. The van der Waals surface area contributed by atoms with Crippen LogP contribution in [0.5, 0.6) is 17.2 Å². The molecule has 104 valence electrons. The Morgan fingerprint density at radius 2 is 1.80 bits per heavy atom. The third-order valence-corrected chi connectivity index (χ3v) is 2.84. The Balaban J connectivity index is 2.38. The van der Waals surface area contributed by atoms with Crippen molar-refractivity contribution in [2.75, 3.05) is 12.8 Å². The van der Waals surface area contributed by atoms with Gasteiger partial charge in [0, 0.05) is 5.56 Å². The third-order valence-electron chi connectivity index (χ3n) is 2.84. The highest BCUT2D eigenvalue weighted by molar-refractivity contribution is 5.93. The van der Waals surface area contributed by atoms with E-state index in [0.29, 0.717) is 28.5 Å². The molecule has 5 nitrogen and oxygen atoms in total. The SMILES string of the molecule is COc1cc(C(N)=O)ccc1Oc1cc(C)ccc1N. The molecule has 0 saturated heterocycles. The molecule has 20 heavy (non-hydrogen) atoms. The predicted octanol–water partition coefficient (Wildman–Crippen LogP) is 2.48. The molecular weight excluding hydrogens is 256 g/mol. The summed E-state index contributed by atoms with van der Waals surface area (Å²) in [5, 5.41) is 0. The van der Waals surface area contributed by atoms with Crippen LogP contribution < -0.4 is 20.9 Å². The largest absolute Gasteiger partial charge is 0.493 e. The Morgan fingerprint density at radius 1 is 1.05 bits per heavy atom. The molecule has 4 N–H and O–H groups in total. The number of anilines is 1. The van der Waals surface area contributed by atoms with Gasteiger partial charge in [-0.1, -0.05) is 6.07 Å². The number of primary amides is 1. The fourth-order valence-electron chi connectivity index (χ4n) is 1.75. The zero-order chi connectivity index (χ0) is 14.7. The fraction of sp³-hybridized carbons (Fsp3) is 0.133. The lowest BCUT2D eigenvalue weighted by molar-refractivity contribution is 0.1000. The molecule has 0 unspecified atom stereocenters. The minimum absolute atomic E-state index is 0.353. The average Bonchev–Trinajstić information content (AvgIpc) is 2.43. The smallest absolute Gasteiger partial charge is 0.248 e. The van der Waals surface area contributed by atoms with Gasteiger partial charge in [0.15, 0.2) is 17.2 Å². The number of amides is 1. The topological polar surface area (TPSA) is 87.6 Å². The molecule has 0 aliphatic carbocycles. The number of aryl methyl sites for hydroxylation is 1. The van der Waals surface area contributed by atoms with Gasteiger partial charge in [0.1, 0.15) is 0 Å². The van der Waals surface area contributed by atoms with Gasteiger partial charge in [-0.05, 0) is 42.8 Å². The van der Waals surface area contributed by atoms with Crippen molar-refractivity contribution < 1.29 is 14.3 Å². The average molecular weight is 272 g/mol. The molecule has 2 aromatic rings. The molecule has 0 saturated carbocycles. The maximum absolute atomic E-state index is 11.1. The predicted molar refractivity (Wildman–Crippen MR) is 77.2 cm³/mol. The lowest BCUT2D eigenvalue weighted by Crippen LogP contribution is -2.10. The first-order chi connectivity index (χ1) is 9.51. The van der Waals surface area contributed by atoms with Crippen LogP contribution in [0.4, 0.5) is 5.69 Å². The molecule has 0 aliphatic heterocycles. The Labute approximate surface area is 117 Å². The van der Waals surface area contributed by atoms with E-state index in [4.69, 9.17) is 20.9 Å². The van der Waals surface area contributed by atoms with Gasteiger partial charge in [-0.15, -0.1) is 0 Å². The quantitative estimate of drug-likeness (QED) is 0.837. The van der Waals surface area contributed by atoms with Crippen molar-refractivity contribution >= 4 is 11.6 Å². The summed E-state index contributed by atoms with van der Waals surface area (Å²) < 4.78 is 10.9. The number of methoxy groups -OCH3 is 1. The van der Waals surface area contributed by atoms with Crippen LogP contribution in [0.3, 0.4) is 0 Å². The summed E-state index contributed by atoms with van der Waals surface area (Å²) in [6.45, 7) is 1.94. The first-order valence-electron chi connectivity index (χ1n) is 6.03. The number of hydrogen-bond donors (Lipinski definition) is 2. The van der Waals surface area contributed by atoms with Crippen LogP contribution >= 0.6 is 0 Å². The van der Waals surface area contributed by atoms with E-state index in [9.17, 15) is 4.79 Å². The lowest BCUT2D eigenvalue weighted by atomic mass is 10.2. The molecule has 0 aliphatic rings. The summed E-state index contributed by atoms with van der Waals surface area (Å²) in [6.07, 6.45) is 0. The number of hydrogen-bond acceptors (Lipinski definition) is 4. The third kappa shape index (κ3) is 2.83. The van der Waals surface area contributed by atoms with Crippen LogP contribution in [-0.2, 0) is 0 Å². The first-order valence-corrected chi connectivity index (χ1v) is 6.03. The van der Waals surface area contributed by atoms with E-state index < -0.39 is 5.91 Å². The van der Waals surface area contributed by atoms with Crippen molar-refractivity contribution in [2.24, 2.45) is 5.73 Å². The lowest BCUT2D eigenvalue weighted by Gasteiger charge is -2.13. The van der Waals surface area contributed by atoms with Crippen molar-refractivity contribution in [3.05, 3.63) is 47.5 Å². The van der Waals surface area contributed by atoms with Crippen LogP contribution in [0.15, 0.2) is 36.4 Å². The summed E-state index contributed by atoms with van der Waals surface area (Å²) in [7, 11) is 1.49. The molecule has 2 aromatic carbocycles. The monoisotopic (exact) mass is 272 g/mol. The van der Waals surface area contributed by atoms with Crippen LogP contribution in [0.1, 0.15) is 15.9 Å². The number of rotatable bonds is 4. The van der Waals surface area contributed by atoms with E-state index in [1.54, 1.807) is 18.2 Å². The summed E-state index contributed by atoms with van der Waals surface area (Å²) >= 11 is 0. The van der Waals surface area contributed by atoms with Crippen LogP contribution in [-0.4, -0.2) is 13.0 Å². The number of carbonyl (C=O) groups is 1. The zero-order valence-electron chi connectivity index (χ0n) is 11.3.